The van der Waals surface area contributed by atoms with Crippen LogP contribution in [-0.4, -0.2) is 32.5 Å². The van der Waals surface area contributed by atoms with Crippen LogP contribution in [0.1, 0.15) is 58.4 Å². The summed E-state index contributed by atoms with van der Waals surface area (Å²) in [5, 5.41) is 13.4. The first-order valence-electron chi connectivity index (χ1n) is 9.76. The van der Waals surface area contributed by atoms with Crippen molar-refractivity contribution in [2.24, 2.45) is 0 Å². The van der Waals surface area contributed by atoms with Crippen molar-refractivity contribution in [2.75, 3.05) is 5.75 Å². The number of benzene rings is 1. The average molecular weight is 407 g/mol. The largest absolute Gasteiger partial charge is 0.353 e. The van der Waals surface area contributed by atoms with E-state index in [4.69, 9.17) is 11.6 Å². The number of halogens is 1. The Kier molecular flexibility index (Phi) is 7.19. The van der Waals surface area contributed by atoms with Crippen LogP contribution in [0.5, 0.6) is 0 Å². The number of carbonyl (C=O) groups excluding carboxylic acids is 1. The molecule has 146 valence electrons. The van der Waals surface area contributed by atoms with Crippen LogP contribution in [0.3, 0.4) is 0 Å². The highest BCUT2D eigenvalue weighted by Crippen LogP contribution is 2.38. The zero-order valence-electron chi connectivity index (χ0n) is 15.9. The number of hydrogen-bond donors (Lipinski definition) is 1. The lowest BCUT2D eigenvalue weighted by atomic mass is 10.2. The van der Waals surface area contributed by atoms with Crippen molar-refractivity contribution in [1.29, 1.82) is 0 Å². The van der Waals surface area contributed by atoms with E-state index >= 15 is 0 Å². The van der Waals surface area contributed by atoms with Gasteiger partial charge in [-0.1, -0.05) is 62.2 Å². The van der Waals surface area contributed by atoms with E-state index in [9.17, 15) is 4.79 Å². The quantitative estimate of drug-likeness (QED) is 0.618. The maximum atomic E-state index is 12.3. The molecular formula is C20H27ClN4OS. The van der Waals surface area contributed by atoms with Crippen LogP contribution >= 0.6 is 23.4 Å². The highest BCUT2D eigenvalue weighted by molar-refractivity contribution is 7.99. The van der Waals surface area contributed by atoms with Gasteiger partial charge in [0.1, 0.15) is 0 Å². The van der Waals surface area contributed by atoms with Gasteiger partial charge in [0.05, 0.1) is 10.8 Å². The minimum atomic E-state index is 0.0500. The second kappa shape index (κ2) is 9.60. The van der Waals surface area contributed by atoms with E-state index in [0.717, 1.165) is 42.2 Å². The molecule has 0 unspecified atom stereocenters. The molecular weight excluding hydrogens is 380 g/mol. The van der Waals surface area contributed by atoms with Crippen LogP contribution < -0.4 is 5.32 Å². The fraction of sp³-hybridized carbons (Fsp3) is 0.550. The van der Waals surface area contributed by atoms with Gasteiger partial charge in [-0.3, -0.25) is 9.36 Å². The van der Waals surface area contributed by atoms with E-state index < -0.39 is 0 Å². The van der Waals surface area contributed by atoms with Gasteiger partial charge < -0.3 is 5.32 Å². The molecule has 27 heavy (non-hydrogen) atoms. The Balaban J connectivity index is 1.81. The summed E-state index contributed by atoms with van der Waals surface area (Å²) in [5.74, 6) is 1.20. The number of hydrogen-bond acceptors (Lipinski definition) is 4. The minimum absolute atomic E-state index is 0.0500. The second-order valence-corrected chi connectivity index (χ2v) is 8.31. The summed E-state index contributed by atoms with van der Waals surface area (Å²) in [6, 6.07) is 8.34. The Hall–Kier alpha value is -1.53. The molecule has 1 aromatic carbocycles. The lowest BCUT2D eigenvalue weighted by Gasteiger charge is -2.18. The van der Waals surface area contributed by atoms with Crippen molar-refractivity contribution in [3.8, 4) is 11.4 Å². The molecule has 1 amide bonds. The van der Waals surface area contributed by atoms with Crippen molar-refractivity contribution in [3.63, 3.8) is 0 Å². The van der Waals surface area contributed by atoms with E-state index in [0.29, 0.717) is 16.8 Å². The Bertz CT molecular complexity index is 769. The molecule has 0 atom stereocenters. The maximum absolute atomic E-state index is 12.3. The van der Waals surface area contributed by atoms with Crippen LogP contribution in [0.15, 0.2) is 29.4 Å². The summed E-state index contributed by atoms with van der Waals surface area (Å²) in [6.45, 7) is 4.18. The zero-order valence-corrected chi connectivity index (χ0v) is 17.5. The zero-order chi connectivity index (χ0) is 19.2. The Morgan fingerprint density at radius 3 is 2.63 bits per heavy atom. The topological polar surface area (TPSA) is 59.8 Å². The van der Waals surface area contributed by atoms with Gasteiger partial charge in [-0.25, -0.2) is 0 Å². The van der Waals surface area contributed by atoms with Gasteiger partial charge in [-0.2, -0.15) is 0 Å². The molecule has 1 saturated carbocycles. The number of thioether (sulfide) groups is 1. The van der Waals surface area contributed by atoms with Gasteiger partial charge >= 0.3 is 0 Å². The summed E-state index contributed by atoms with van der Waals surface area (Å²) >= 11 is 7.87. The molecule has 1 aromatic heterocycles. The third-order valence-corrected chi connectivity index (χ3v) is 6.42. The number of aromatic nitrogens is 3. The molecule has 2 aromatic rings. The molecule has 0 radical (unpaired) electrons. The van der Waals surface area contributed by atoms with Crippen molar-refractivity contribution >= 4 is 29.3 Å². The summed E-state index contributed by atoms with van der Waals surface area (Å²) in [7, 11) is 0. The molecule has 0 saturated heterocycles. The fourth-order valence-corrected chi connectivity index (χ4v) is 4.62. The first-order chi connectivity index (χ1) is 13.1. The lowest BCUT2D eigenvalue weighted by molar-refractivity contribution is -0.119. The van der Waals surface area contributed by atoms with E-state index in [1.807, 2.05) is 24.3 Å². The molecule has 1 aliphatic rings. The second-order valence-electron chi connectivity index (χ2n) is 6.96. The van der Waals surface area contributed by atoms with Gasteiger partial charge in [-0.15, -0.1) is 10.2 Å². The third-order valence-electron chi connectivity index (χ3n) is 5.15. The van der Waals surface area contributed by atoms with E-state index in [1.54, 1.807) is 0 Å². The molecule has 1 fully saturated rings. The number of amides is 1. The number of nitrogens with one attached hydrogen (secondary N) is 1. The first-order valence-corrected chi connectivity index (χ1v) is 11.1. The Morgan fingerprint density at radius 1 is 1.26 bits per heavy atom. The SMILES string of the molecule is CCC(CC)NC(=O)CSc1nnc(-c2ccccc2Cl)n1C1CCCC1. The number of nitrogens with zero attached hydrogens (tertiary/aromatic N) is 3. The minimum Gasteiger partial charge on any atom is -0.353 e. The Morgan fingerprint density at radius 2 is 1.96 bits per heavy atom. The number of carbonyl (C=O) groups is 1. The predicted molar refractivity (Wildman–Crippen MR) is 111 cm³/mol. The van der Waals surface area contributed by atoms with Gasteiger partial charge in [0, 0.05) is 17.6 Å². The maximum Gasteiger partial charge on any atom is 0.230 e. The van der Waals surface area contributed by atoms with Crippen LogP contribution in [0.2, 0.25) is 5.02 Å². The van der Waals surface area contributed by atoms with E-state index in [-0.39, 0.29) is 11.9 Å². The summed E-state index contributed by atoms with van der Waals surface area (Å²) in [4.78, 5) is 12.3. The van der Waals surface area contributed by atoms with Crippen molar-refractivity contribution in [1.82, 2.24) is 20.1 Å². The molecule has 1 aliphatic carbocycles. The average Bonchev–Trinajstić information content (AvgIpc) is 3.34. The first kappa shape index (κ1) is 20.2. The highest BCUT2D eigenvalue weighted by Gasteiger charge is 2.26. The molecule has 3 rings (SSSR count). The molecule has 0 aliphatic heterocycles. The van der Waals surface area contributed by atoms with Gasteiger partial charge in [0.25, 0.3) is 0 Å². The Labute approximate surface area is 170 Å². The highest BCUT2D eigenvalue weighted by atomic mass is 35.5. The standard InChI is InChI=1S/C20H27ClN4OS/c1-3-14(4-2)22-18(26)13-27-20-24-23-19(16-11-7-8-12-17(16)21)25(20)15-9-5-6-10-15/h7-8,11-12,14-15H,3-6,9-10,13H2,1-2H3,(H,22,26). The number of rotatable bonds is 8. The fourth-order valence-electron chi connectivity index (χ4n) is 3.59. The van der Waals surface area contributed by atoms with Crippen LogP contribution in [0, 0.1) is 0 Å². The molecule has 0 spiro atoms. The summed E-state index contributed by atoms with van der Waals surface area (Å²) in [6.07, 6.45) is 6.55. The lowest BCUT2D eigenvalue weighted by Crippen LogP contribution is -2.35. The molecule has 0 bridgehead atoms. The molecule has 7 heteroatoms. The monoisotopic (exact) mass is 406 g/mol. The van der Waals surface area contributed by atoms with Crippen LogP contribution in [0.25, 0.3) is 11.4 Å². The van der Waals surface area contributed by atoms with Gasteiger partial charge in [-0.05, 0) is 37.8 Å². The molecule has 5 nitrogen and oxygen atoms in total. The normalized spacial score (nSPS) is 14.8. The van der Waals surface area contributed by atoms with E-state index in [1.165, 1.54) is 24.6 Å². The van der Waals surface area contributed by atoms with Gasteiger partial charge in [0.15, 0.2) is 11.0 Å². The van der Waals surface area contributed by atoms with Gasteiger partial charge in [0.2, 0.25) is 5.91 Å². The summed E-state index contributed by atoms with van der Waals surface area (Å²) in [5.41, 5.74) is 0.895. The van der Waals surface area contributed by atoms with Crippen LogP contribution in [0.4, 0.5) is 0 Å². The molecule has 1 heterocycles. The van der Waals surface area contributed by atoms with Crippen molar-refractivity contribution in [2.45, 2.75) is 69.6 Å². The van der Waals surface area contributed by atoms with Crippen molar-refractivity contribution < 1.29 is 4.79 Å². The summed E-state index contributed by atoms with van der Waals surface area (Å²) < 4.78 is 2.20. The van der Waals surface area contributed by atoms with Crippen molar-refractivity contribution in [3.05, 3.63) is 29.3 Å². The van der Waals surface area contributed by atoms with Crippen LogP contribution in [-0.2, 0) is 4.79 Å². The third kappa shape index (κ3) is 4.85. The smallest absolute Gasteiger partial charge is 0.230 e. The van der Waals surface area contributed by atoms with E-state index in [2.05, 4.69) is 33.9 Å². The molecule has 1 N–H and O–H groups in total. The predicted octanol–water partition coefficient (Wildman–Crippen LogP) is 5.11.